The molecule has 2 nitrogen and oxygen atoms in total. The first-order valence-corrected chi connectivity index (χ1v) is 6.55. The molecule has 0 bridgehead atoms. The van der Waals surface area contributed by atoms with Gasteiger partial charge < -0.3 is 10.2 Å². The van der Waals surface area contributed by atoms with Gasteiger partial charge in [0.2, 0.25) is 0 Å². The topological polar surface area (TPSA) is 15.3 Å². The molecule has 0 saturated heterocycles. The number of nitrogens with zero attached hydrogens (tertiary/aromatic N) is 1. The molecule has 96 valence electrons. The lowest BCUT2D eigenvalue weighted by molar-refractivity contribution is 0.531. The zero-order valence-corrected chi connectivity index (χ0v) is 11.9. The summed E-state index contributed by atoms with van der Waals surface area (Å²) in [7, 11) is 2.17. The molecule has 1 unspecified atom stereocenters. The number of rotatable bonds is 6. The van der Waals surface area contributed by atoms with E-state index in [0.29, 0.717) is 6.04 Å². The second kappa shape index (κ2) is 6.65. The third kappa shape index (κ3) is 4.78. The standard InChI is InChI=1S/C15H26N2/c1-6-16-14(4)7-8-17(5)15-10-12(2)9-13(3)11-15/h9-11,14,16H,6-8H2,1-5H3. The van der Waals surface area contributed by atoms with Crippen molar-refractivity contribution in [2.75, 3.05) is 25.0 Å². The second-order valence-electron chi connectivity index (χ2n) is 5.01. The lowest BCUT2D eigenvalue weighted by Gasteiger charge is -2.22. The highest BCUT2D eigenvalue weighted by molar-refractivity contribution is 5.50. The van der Waals surface area contributed by atoms with Gasteiger partial charge in [-0.25, -0.2) is 0 Å². The van der Waals surface area contributed by atoms with Gasteiger partial charge in [-0.2, -0.15) is 0 Å². The molecule has 2 heteroatoms. The molecule has 17 heavy (non-hydrogen) atoms. The molecule has 0 aromatic heterocycles. The van der Waals surface area contributed by atoms with Gasteiger partial charge in [0.05, 0.1) is 0 Å². The summed E-state index contributed by atoms with van der Waals surface area (Å²) in [6.45, 7) is 10.9. The average Bonchev–Trinajstić information content (AvgIpc) is 2.25. The number of benzene rings is 1. The normalized spacial score (nSPS) is 12.5. The molecule has 1 atom stereocenters. The lowest BCUT2D eigenvalue weighted by Crippen LogP contribution is -2.30. The van der Waals surface area contributed by atoms with E-state index >= 15 is 0 Å². The summed E-state index contributed by atoms with van der Waals surface area (Å²) in [6.07, 6.45) is 1.18. The first-order chi connectivity index (χ1) is 8.02. The van der Waals surface area contributed by atoms with Gasteiger partial charge in [-0.3, -0.25) is 0 Å². The summed E-state index contributed by atoms with van der Waals surface area (Å²) in [6, 6.07) is 7.32. The maximum atomic E-state index is 3.45. The van der Waals surface area contributed by atoms with Gasteiger partial charge in [-0.1, -0.05) is 13.0 Å². The predicted molar refractivity (Wildman–Crippen MR) is 76.9 cm³/mol. The van der Waals surface area contributed by atoms with Gasteiger partial charge in [0.1, 0.15) is 0 Å². The highest BCUT2D eigenvalue weighted by Crippen LogP contribution is 2.17. The number of nitrogens with one attached hydrogen (secondary N) is 1. The summed E-state index contributed by atoms with van der Waals surface area (Å²) in [5, 5.41) is 3.45. The Bertz CT molecular complexity index is 327. The highest BCUT2D eigenvalue weighted by atomic mass is 15.1. The van der Waals surface area contributed by atoms with Crippen molar-refractivity contribution < 1.29 is 0 Å². The Morgan fingerprint density at radius 2 is 1.76 bits per heavy atom. The van der Waals surface area contributed by atoms with Crippen LogP contribution in [0, 0.1) is 13.8 Å². The van der Waals surface area contributed by atoms with E-state index in [0.717, 1.165) is 13.1 Å². The van der Waals surface area contributed by atoms with E-state index in [1.54, 1.807) is 0 Å². The molecule has 0 amide bonds. The van der Waals surface area contributed by atoms with Crippen LogP contribution in [0.5, 0.6) is 0 Å². The van der Waals surface area contributed by atoms with Gasteiger partial charge in [0.25, 0.3) is 0 Å². The zero-order chi connectivity index (χ0) is 12.8. The van der Waals surface area contributed by atoms with Crippen LogP contribution in [0.3, 0.4) is 0 Å². The van der Waals surface area contributed by atoms with E-state index in [4.69, 9.17) is 0 Å². The third-order valence-electron chi connectivity index (χ3n) is 3.10. The van der Waals surface area contributed by atoms with E-state index in [2.05, 4.69) is 63.2 Å². The van der Waals surface area contributed by atoms with Gasteiger partial charge >= 0.3 is 0 Å². The van der Waals surface area contributed by atoms with E-state index in [1.165, 1.54) is 23.2 Å². The summed E-state index contributed by atoms with van der Waals surface area (Å²) >= 11 is 0. The molecular formula is C15H26N2. The molecule has 0 heterocycles. The van der Waals surface area contributed by atoms with E-state index < -0.39 is 0 Å². The van der Waals surface area contributed by atoms with Crippen LogP contribution in [0.25, 0.3) is 0 Å². The van der Waals surface area contributed by atoms with Crippen molar-refractivity contribution in [2.24, 2.45) is 0 Å². The molecule has 1 aromatic carbocycles. The molecule has 0 radical (unpaired) electrons. The SMILES string of the molecule is CCNC(C)CCN(C)c1cc(C)cc(C)c1. The third-order valence-corrected chi connectivity index (χ3v) is 3.10. The van der Waals surface area contributed by atoms with Crippen LogP contribution < -0.4 is 10.2 Å². The molecule has 0 saturated carbocycles. The number of aryl methyl sites for hydroxylation is 2. The fourth-order valence-electron chi connectivity index (χ4n) is 2.14. The monoisotopic (exact) mass is 234 g/mol. The van der Waals surface area contributed by atoms with Crippen LogP contribution in [-0.2, 0) is 0 Å². The van der Waals surface area contributed by atoms with Gasteiger partial charge in [-0.05, 0) is 57.0 Å². The van der Waals surface area contributed by atoms with Crippen LogP contribution in [0.4, 0.5) is 5.69 Å². The molecule has 1 N–H and O–H groups in total. The first-order valence-electron chi connectivity index (χ1n) is 6.55. The Balaban J connectivity index is 2.54. The van der Waals surface area contributed by atoms with Crippen LogP contribution in [0.15, 0.2) is 18.2 Å². The van der Waals surface area contributed by atoms with Crippen LogP contribution in [0.1, 0.15) is 31.4 Å². The quantitative estimate of drug-likeness (QED) is 0.813. The summed E-state index contributed by atoms with van der Waals surface area (Å²) < 4.78 is 0. The highest BCUT2D eigenvalue weighted by Gasteiger charge is 2.05. The largest absolute Gasteiger partial charge is 0.375 e. The van der Waals surface area contributed by atoms with Gasteiger partial charge in [-0.15, -0.1) is 0 Å². The Morgan fingerprint density at radius 1 is 1.18 bits per heavy atom. The molecule has 1 aromatic rings. The van der Waals surface area contributed by atoms with Gasteiger partial charge in [0.15, 0.2) is 0 Å². The van der Waals surface area contributed by atoms with Crippen molar-refractivity contribution in [3.63, 3.8) is 0 Å². The van der Waals surface area contributed by atoms with Crippen molar-refractivity contribution in [3.05, 3.63) is 29.3 Å². The fraction of sp³-hybridized carbons (Fsp3) is 0.600. The Morgan fingerprint density at radius 3 is 2.29 bits per heavy atom. The smallest absolute Gasteiger partial charge is 0.0368 e. The molecule has 0 spiro atoms. The Kier molecular flexibility index (Phi) is 5.49. The molecule has 0 aliphatic heterocycles. The first kappa shape index (κ1) is 14.0. The van der Waals surface area contributed by atoms with Crippen molar-refractivity contribution in [3.8, 4) is 0 Å². The summed E-state index contributed by atoms with van der Waals surface area (Å²) in [5.74, 6) is 0. The van der Waals surface area contributed by atoms with E-state index in [9.17, 15) is 0 Å². The summed E-state index contributed by atoms with van der Waals surface area (Å²) in [4.78, 5) is 2.34. The molecule has 0 aliphatic carbocycles. The van der Waals surface area contributed by atoms with Crippen molar-refractivity contribution in [1.29, 1.82) is 0 Å². The Hall–Kier alpha value is -1.02. The van der Waals surface area contributed by atoms with Crippen molar-refractivity contribution >= 4 is 5.69 Å². The Labute approximate surface area is 106 Å². The lowest BCUT2D eigenvalue weighted by atomic mass is 10.1. The maximum absolute atomic E-state index is 3.45. The van der Waals surface area contributed by atoms with Crippen LogP contribution >= 0.6 is 0 Å². The fourth-order valence-corrected chi connectivity index (χ4v) is 2.14. The van der Waals surface area contributed by atoms with Crippen LogP contribution in [0.2, 0.25) is 0 Å². The molecule has 0 fully saturated rings. The average molecular weight is 234 g/mol. The van der Waals surface area contributed by atoms with Crippen molar-refractivity contribution in [2.45, 2.75) is 40.2 Å². The molecule has 1 rings (SSSR count). The number of hydrogen-bond donors (Lipinski definition) is 1. The predicted octanol–water partition coefficient (Wildman–Crippen LogP) is 3.13. The minimum absolute atomic E-state index is 0.591. The van der Waals surface area contributed by atoms with Crippen LogP contribution in [-0.4, -0.2) is 26.2 Å². The molecule has 0 aliphatic rings. The zero-order valence-electron chi connectivity index (χ0n) is 11.9. The number of anilines is 1. The second-order valence-corrected chi connectivity index (χ2v) is 5.01. The minimum Gasteiger partial charge on any atom is -0.375 e. The van der Waals surface area contributed by atoms with Crippen molar-refractivity contribution in [1.82, 2.24) is 5.32 Å². The summed E-state index contributed by atoms with van der Waals surface area (Å²) in [5.41, 5.74) is 4.00. The minimum atomic E-state index is 0.591. The maximum Gasteiger partial charge on any atom is 0.0368 e. The number of hydrogen-bond acceptors (Lipinski definition) is 2. The van der Waals surface area contributed by atoms with E-state index in [-0.39, 0.29) is 0 Å². The van der Waals surface area contributed by atoms with E-state index in [1.807, 2.05) is 0 Å². The molecular weight excluding hydrogens is 208 g/mol. The van der Waals surface area contributed by atoms with Gasteiger partial charge in [0, 0.05) is 25.3 Å².